The van der Waals surface area contributed by atoms with E-state index in [1.807, 2.05) is 6.07 Å². The van der Waals surface area contributed by atoms with Crippen LogP contribution in [0, 0.1) is 16.7 Å². The molecule has 0 radical (unpaired) electrons. The fourth-order valence-corrected chi connectivity index (χ4v) is 9.13. The maximum Gasteiger partial charge on any atom is 0.314 e. The lowest BCUT2D eigenvalue weighted by atomic mass is 9.68. The first kappa shape index (κ1) is 20.3. The number of aromatic nitrogens is 4. The molecule has 9 heteroatoms. The second-order valence-electron chi connectivity index (χ2n) is 12.1. The molecule has 0 aliphatic heterocycles. The zero-order valence-electron chi connectivity index (χ0n) is 19.6. The minimum absolute atomic E-state index is 0.0734. The number of pyridine rings is 1. The molecular weight excluding hydrogens is 444 g/mol. The third-order valence-electron chi connectivity index (χ3n) is 10.1. The predicted octanol–water partition coefficient (Wildman–Crippen LogP) is 3.17. The van der Waals surface area contributed by atoms with Crippen molar-refractivity contribution < 1.29 is 14.7 Å². The minimum atomic E-state index is -0.657. The Morgan fingerprint density at radius 1 is 1.06 bits per heavy atom. The third-order valence-corrected chi connectivity index (χ3v) is 10.1. The number of amides is 2. The van der Waals surface area contributed by atoms with E-state index in [-0.39, 0.29) is 22.9 Å². The molecule has 6 aliphatic rings. The lowest BCUT2D eigenvalue weighted by Gasteiger charge is -2.44. The van der Waals surface area contributed by atoms with Crippen LogP contribution in [0.5, 0.6) is 0 Å². The van der Waals surface area contributed by atoms with Gasteiger partial charge in [0.1, 0.15) is 5.82 Å². The SMILES string of the molecule is O=C(Nc1[nH]n([C@@H]2[C@H]3CC45C[C@](O)(C3)C[C@]24C5)c2c1cnc1nccc12)C(=O)NC1CCCCC1. The minimum Gasteiger partial charge on any atom is -0.390 e. The summed E-state index contributed by atoms with van der Waals surface area (Å²) in [6.07, 6.45) is 13.6. The van der Waals surface area contributed by atoms with E-state index in [2.05, 4.69) is 30.4 Å². The fourth-order valence-electron chi connectivity index (χ4n) is 9.13. The number of anilines is 1. The highest BCUT2D eigenvalue weighted by molar-refractivity contribution is 6.40. The van der Waals surface area contributed by atoms with Crippen LogP contribution in [0.4, 0.5) is 5.82 Å². The van der Waals surface area contributed by atoms with Crippen molar-refractivity contribution in [2.24, 2.45) is 16.7 Å². The van der Waals surface area contributed by atoms with Crippen LogP contribution < -0.4 is 10.6 Å². The number of nitrogens with zero attached hydrogens (tertiary/aromatic N) is 3. The van der Waals surface area contributed by atoms with Gasteiger partial charge in [-0.2, -0.15) is 0 Å². The van der Waals surface area contributed by atoms with Gasteiger partial charge in [-0.1, -0.05) is 19.3 Å². The topological polar surface area (TPSA) is 125 Å². The molecule has 4 N–H and O–H groups in total. The largest absolute Gasteiger partial charge is 0.390 e. The van der Waals surface area contributed by atoms with E-state index in [1.54, 1.807) is 12.4 Å². The van der Waals surface area contributed by atoms with Crippen molar-refractivity contribution in [2.75, 3.05) is 5.32 Å². The van der Waals surface area contributed by atoms with Gasteiger partial charge in [-0.15, -0.1) is 0 Å². The number of rotatable bonds is 3. The van der Waals surface area contributed by atoms with Gasteiger partial charge in [0.25, 0.3) is 0 Å². The first-order valence-corrected chi connectivity index (χ1v) is 13.1. The summed E-state index contributed by atoms with van der Waals surface area (Å²) in [7, 11) is 0. The number of fused-ring (bicyclic) bond motifs is 3. The number of nitrogens with one attached hydrogen (secondary N) is 3. The third kappa shape index (κ3) is 2.57. The molecule has 3 aromatic rings. The van der Waals surface area contributed by atoms with Crippen molar-refractivity contribution >= 4 is 39.6 Å². The second-order valence-corrected chi connectivity index (χ2v) is 12.1. The standard InChI is InChI=1S/C26H30N6O3/c33-22(29-15-4-2-1-3-5-15)23(34)30-21-17-10-28-20-16(6-7-27-20)18(17)32(31-21)19-14-8-24-11-25(35,9-14)13-26(19,24)12-24/h6-7,10,14-15,19,31,35H,1-5,8-9,11-13H2,(H,29,33)(H,30,34)/t14-,19+,24?,25+,26+/m0/s1. The highest BCUT2D eigenvalue weighted by Crippen LogP contribution is 2.91. The molecule has 0 saturated heterocycles. The van der Waals surface area contributed by atoms with Gasteiger partial charge in [0.05, 0.1) is 22.5 Å². The Kier molecular flexibility index (Phi) is 3.73. The fraction of sp³-hybridized carbons (Fsp3) is 0.615. The van der Waals surface area contributed by atoms with Crippen molar-refractivity contribution in [1.29, 1.82) is 0 Å². The molecule has 2 spiro atoms. The molecule has 9 nitrogen and oxygen atoms in total. The molecule has 5 atom stereocenters. The van der Waals surface area contributed by atoms with Crippen LogP contribution in [0.25, 0.3) is 21.9 Å². The van der Waals surface area contributed by atoms with Crippen LogP contribution in [-0.2, 0) is 9.59 Å². The van der Waals surface area contributed by atoms with Gasteiger partial charge in [-0.25, -0.2) is 9.97 Å². The van der Waals surface area contributed by atoms with E-state index in [4.69, 9.17) is 0 Å². The first-order chi connectivity index (χ1) is 16.9. The number of carbonyl (C=O) groups is 2. The van der Waals surface area contributed by atoms with Gasteiger partial charge in [-0.3, -0.25) is 19.4 Å². The van der Waals surface area contributed by atoms with Crippen molar-refractivity contribution in [1.82, 2.24) is 25.1 Å². The van der Waals surface area contributed by atoms with E-state index in [9.17, 15) is 14.7 Å². The van der Waals surface area contributed by atoms with Crippen LogP contribution in [0.2, 0.25) is 0 Å². The molecule has 9 rings (SSSR count). The van der Waals surface area contributed by atoms with Crippen molar-refractivity contribution in [3.8, 4) is 0 Å². The number of carbonyl (C=O) groups excluding carboxylic acids is 2. The molecule has 4 bridgehead atoms. The van der Waals surface area contributed by atoms with Crippen molar-refractivity contribution in [2.45, 2.75) is 81.9 Å². The van der Waals surface area contributed by atoms with E-state index in [1.165, 1.54) is 6.42 Å². The molecule has 3 heterocycles. The van der Waals surface area contributed by atoms with Gasteiger partial charge in [-0.05, 0) is 62.3 Å². The molecular formula is C26H30N6O3. The smallest absolute Gasteiger partial charge is 0.314 e. The van der Waals surface area contributed by atoms with Crippen LogP contribution in [0.3, 0.4) is 0 Å². The summed E-state index contributed by atoms with van der Waals surface area (Å²) >= 11 is 0. The van der Waals surface area contributed by atoms with Crippen LogP contribution in [-0.4, -0.2) is 48.3 Å². The highest BCUT2D eigenvalue weighted by Gasteiger charge is 2.86. The van der Waals surface area contributed by atoms with Gasteiger partial charge in [0, 0.05) is 29.2 Å². The Hall–Kier alpha value is -2.94. The molecule has 1 unspecified atom stereocenters. The maximum atomic E-state index is 12.9. The lowest BCUT2D eigenvalue weighted by Crippen LogP contribution is -2.43. The van der Waals surface area contributed by atoms with Crippen LogP contribution in [0.1, 0.15) is 70.3 Å². The van der Waals surface area contributed by atoms with Crippen LogP contribution in [0.15, 0.2) is 18.5 Å². The predicted molar refractivity (Wildman–Crippen MR) is 128 cm³/mol. The summed E-state index contributed by atoms with van der Waals surface area (Å²) in [6.45, 7) is 0. The Balaban J connectivity index is 1.18. The number of aliphatic hydroxyl groups is 1. The summed E-state index contributed by atoms with van der Waals surface area (Å²) in [5.41, 5.74) is 1.52. The molecule has 6 aliphatic carbocycles. The van der Waals surface area contributed by atoms with Gasteiger partial charge in [0.2, 0.25) is 0 Å². The maximum absolute atomic E-state index is 12.9. The molecule has 2 amide bonds. The zero-order valence-corrected chi connectivity index (χ0v) is 19.6. The Morgan fingerprint density at radius 3 is 2.74 bits per heavy atom. The molecule has 6 saturated carbocycles. The van der Waals surface area contributed by atoms with E-state index < -0.39 is 17.4 Å². The van der Waals surface area contributed by atoms with Crippen molar-refractivity contribution in [3.63, 3.8) is 0 Å². The number of hydrogen-bond donors (Lipinski definition) is 4. The Morgan fingerprint density at radius 2 is 1.91 bits per heavy atom. The van der Waals surface area contributed by atoms with Gasteiger partial charge < -0.3 is 15.7 Å². The summed E-state index contributed by atoms with van der Waals surface area (Å²) in [5.74, 6) is -0.347. The first-order valence-electron chi connectivity index (χ1n) is 13.1. The van der Waals surface area contributed by atoms with Gasteiger partial charge in [0.15, 0.2) is 5.65 Å². The summed E-state index contributed by atoms with van der Waals surface area (Å²) in [5, 5.41) is 22.1. The summed E-state index contributed by atoms with van der Waals surface area (Å²) in [4.78, 5) is 34.5. The average molecular weight is 475 g/mol. The molecule has 0 aromatic carbocycles. The van der Waals surface area contributed by atoms with E-state index in [0.29, 0.717) is 17.4 Å². The monoisotopic (exact) mass is 474 g/mol. The molecule has 6 fully saturated rings. The van der Waals surface area contributed by atoms with E-state index >= 15 is 0 Å². The lowest BCUT2D eigenvalue weighted by molar-refractivity contribution is -0.136. The number of H-pyrrole nitrogens is 1. The normalized spacial score (nSPS) is 37.2. The number of aromatic amines is 1. The summed E-state index contributed by atoms with van der Waals surface area (Å²) < 4.78 is 2.22. The van der Waals surface area contributed by atoms with Crippen LogP contribution >= 0.6 is 0 Å². The zero-order chi connectivity index (χ0) is 23.6. The highest BCUT2D eigenvalue weighted by atomic mass is 16.3. The summed E-state index contributed by atoms with van der Waals surface area (Å²) in [6, 6.07) is 2.27. The molecule has 35 heavy (non-hydrogen) atoms. The quantitative estimate of drug-likeness (QED) is 0.434. The molecule has 3 aromatic heterocycles. The second kappa shape index (κ2) is 6.43. The Labute approximate surface area is 202 Å². The van der Waals surface area contributed by atoms with Crippen molar-refractivity contribution in [3.05, 3.63) is 18.5 Å². The molecule has 182 valence electrons. The Bertz CT molecular complexity index is 1420. The average Bonchev–Trinajstić information content (AvgIpc) is 3.21. The van der Waals surface area contributed by atoms with Gasteiger partial charge >= 0.3 is 11.8 Å². The number of hydrogen-bond acceptors (Lipinski definition) is 5. The van der Waals surface area contributed by atoms with E-state index in [0.717, 1.165) is 74.1 Å².